The van der Waals surface area contributed by atoms with Crippen molar-refractivity contribution in [3.63, 3.8) is 0 Å². The molecule has 20 heavy (non-hydrogen) atoms. The predicted octanol–water partition coefficient (Wildman–Crippen LogP) is 2.98. The first-order valence-corrected chi connectivity index (χ1v) is 6.92. The maximum absolute atomic E-state index is 11.7. The Morgan fingerprint density at radius 1 is 1.30 bits per heavy atom. The highest BCUT2D eigenvalue weighted by molar-refractivity contribution is 5.89. The van der Waals surface area contributed by atoms with Gasteiger partial charge in [0.05, 0.1) is 12.2 Å². The molecule has 1 aliphatic rings. The second-order valence-electron chi connectivity index (χ2n) is 4.90. The molecule has 5 heteroatoms. The first-order valence-electron chi connectivity index (χ1n) is 6.92. The van der Waals surface area contributed by atoms with E-state index in [0.717, 1.165) is 18.7 Å². The molecule has 0 saturated carbocycles. The van der Waals surface area contributed by atoms with E-state index in [1.807, 2.05) is 0 Å². The van der Waals surface area contributed by atoms with Gasteiger partial charge in [-0.1, -0.05) is 6.42 Å². The lowest BCUT2D eigenvalue weighted by Gasteiger charge is -2.26. The van der Waals surface area contributed by atoms with Gasteiger partial charge < -0.3 is 9.84 Å². The topological polar surface area (TPSA) is 49.8 Å². The van der Waals surface area contributed by atoms with E-state index in [1.165, 1.54) is 19.3 Å². The number of piperidine rings is 1. The fraction of sp³-hybridized carbons (Fsp3) is 0.533. The molecule has 0 unspecified atom stereocenters. The van der Waals surface area contributed by atoms with Gasteiger partial charge in [-0.3, -0.25) is 4.90 Å². The Kier molecular flexibility index (Phi) is 6.82. The van der Waals surface area contributed by atoms with Gasteiger partial charge in [0.15, 0.2) is 0 Å². The normalized spacial score (nSPS) is 15.4. The number of carbonyl (C=O) groups excluding carboxylic acids is 1. The van der Waals surface area contributed by atoms with Crippen molar-refractivity contribution in [1.82, 2.24) is 4.90 Å². The van der Waals surface area contributed by atoms with Gasteiger partial charge in [0.2, 0.25) is 0 Å². The van der Waals surface area contributed by atoms with Crippen LogP contribution in [0.5, 0.6) is 5.75 Å². The van der Waals surface area contributed by atoms with Crippen LogP contribution in [0.1, 0.15) is 42.1 Å². The number of rotatable bonds is 4. The van der Waals surface area contributed by atoms with Crippen LogP contribution in [-0.2, 0) is 11.3 Å². The highest BCUT2D eigenvalue weighted by Crippen LogP contribution is 2.22. The third-order valence-corrected chi connectivity index (χ3v) is 3.43. The first-order chi connectivity index (χ1) is 9.20. The van der Waals surface area contributed by atoms with Crippen LogP contribution >= 0.6 is 12.4 Å². The van der Waals surface area contributed by atoms with Gasteiger partial charge in [-0.2, -0.15) is 0 Å². The molecule has 1 saturated heterocycles. The van der Waals surface area contributed by atoms with Crippen molar-refractivity contribution in [1.29, 1.82) is 0 Å². The van der Waals surface area contributed by atoms with Crippen molar-refractivity contribution in [2.45, 2.75) is 32.7 Å². The molecule has 2 rings (SSSR count). The highest BCUT2D eigenvalue weighted by Gasteiger charge is 2.15. The third-order valence-electron chi connectivity index (χ3n) is 3.43. The number of phenols is 1. The molecule has 0 atom stereocenters. The zero-order valence-corrected chi connectivity index (χ0v) is 12.6. The summed E-state index contributed by atoms with van der Waals surface area (Å²) < 4.78 is 4.98. The Balaban J connectivity index is 0.00000200. The molecule has 0 aromatic heterocycles. The Bertz CT molecular complexity index is 445. The van der Waals surface area contributed by atoms with Crippen molar-refractivity contribution in [2.75, 3.05) is 19.7 Å². The maximum atomic E-state index is 11.7. The van der Waals surface area contributed by atoms with E-state index in [4.69, 9.17) is 4.74 Å². The minimum absolute atomic E-state index is 0. The van der Waals surface area contributed by atoms with Crippen LogP contribution in [0.15, 0.2) is 18.2 Å². The summed E-state index contributed by atoms with van der Waals surface area (Å²) >= 11 is 0. The molecule has 1 N–H and O–H groups in total. The van der Waals surface area contributed by atoms with Crippen molar-refractivity contribution < 1.29 is 14.6 Å². The van der Waals surface area contributed by atoms with E-state index in [9.17, 15) is 9.90 Å². The minimum Gasteiger partial charge on any atom is -0.508 e. The number of hydrogen-bond acceptors (Lipinski definition) is 4. The van der Waals surface area contributed by atoms with Crippen LogP contribution in [0.25, 0.3) is 0 Å². The second-order valence-corrected chi connectivity index (χ2v) is 4.90. The van der Waals surface area contributed by atoms with Gasteiger partial charge in [0.1, 0.15) is 5.75 Å². The summed E-state index contributed by atoms with van der Waals surface area (Å²) in [4.78, 5) is 14.0. The Hall–Kier alpha value is -1.26. The zero-order valence-electron chi connectivity index (χ0n) is 11.8. The summed E-state index contributed by atoms with van der Waals surface area (Å²) in [5.41, 5.74) is 1.30. The highest BCUT2D eigenvalue weighted by atomic mass is 35.5. The second kappa shape index (κ2) is 8.12. The summed E-state index contributed by atoms with van der Waals surface area (Å²) in [5.74, 6) is -0.0824. The number of benzene rings is 1. The average molecular weight is 300 g/mol. The number of likely N-dealkylation sites (tertiary alicyclic amines) is 1. The van der Waals surface area contributed by atoms with Crippen LogP contribution in [-0.4, -0.2) is 35.7 Å². The minimum atomic E-state index is -0.331. The molecule has 0 aliphatic carbocycles. The van der Waals surface area contributed by atoms with E-state index < -0.39 is 0 Å². The molecule has 4 nitrogen and oxygen atoms in total. The molecular weight excluding hydrogens is 278 g/mol. The average Bonchev–Trinajstić information content (AvgIpc) is 2.42. The molecule has 0 spiro atoms. The number of hydrogen-bond donors (Lipinski definition) is 1. The monoisotopic (exact) mass is 299 g/mol. The quantitative estimate of drug-likeness (QED) is 0.868. The van der Waals surface area contributed by atoms with E-state index in [-0.39, 0.29) is 24.1 Å². The molecule has 1 heterocycles. The predicted molar refractivity (Wildman–Crippen MR) is 80.4 cm³/mol. The van der Waals surface area contributed by atoms with Crippen molar-refractivity contribution in [3.8, 4) is 5.75 Å². The smallest absolute Gasteiger partial charge is 0.338 e. The van der Waals surface area contributed by atoms with E-state index >= 15 is 0 Å². The molecule has 1 aromatic carbocycles. The summed E-state index contributed by atoms with van der Waals surface area (Å²) in [6.07, 6.45) is 3.70. The number of halogens is 1. The summed E-state index contributed by atoms with van der Waals surface area (Å²) in [5, 5.41) is 9.90. The number of ether oxygens (including phenoxy) is 1. The molecular formula is C15H22ClNO3. The molecule has 0 bridgehead atoms. The van der Waals surface area contributed by atoms with Gasteiger partial charge in [-0.05, 0) is 51.1 Å². The fourth-order valence-electron chi connectivity index (χ4n) is 2.41. The van der Waals surface area contributed by atoms with Gasteiger partial charge in [0.25, 0.3) is 0 Å². The summed E-state index contributed by atoms with van der Waals surface area (Å²) in [7, 11) is 0. The lowest BCUT2D eigenvalue weighted by atomic mass is 10.1. The maximum Gasteiger partial charge on any atom is 0.338 e. The largest absolute Gasteiger partial charge is 0.508 e. The lowest BCUT2D eigenvalue weighted by molar-refractivity contribution is 0.0526. The fourth-order valence-corrected chi connectivity index (χ4v) is 2.41. The summed E-state index contributed by atoms with van der Waals surface area (Å²) in [6, 6.07) is 4.92. The zero-order chi connectivity index (χ0) is 13.7. The number of carbonyl (C=O) groups is 1. The number of aromatic hydroxyl groups is 1. The van der Waals surface area contributed by atoms with E-state index in [1.54, 1.807) is 25.1 Å². The molecule has 0 radical (unpaired) electrons. The molecule has 0 amide bonds. The number of nitrogens with zero attached hydrogens (tertiary/aromatic N) is 1. The Labute approximate surface area is 126 Å². The van der Waals surface area contributed by atoms with Gasteiger partial charge in [0, 0.05) is 12.1 Å². The third kappa shape index (κ3) is 4.39. The van der Waals surface area contributed by atoms with Crippen molar-refractivity contribution in [2.24, 2.45) is 0 Å². The SMILES string of the molecule is CCOC(=O)c1ccc(O)c(CN2CCCCC2)c1.Cl. The molecule has 1 aromatic rings. The van der Waals surface area contributed by atoms with Crippen LogP contribution in [0.4, 0.5) is 0 Å². The lowest BCUT2D eigenvalue weighted by Crippen LogP contribution is -2.29. The van der Waals surface area contributed by atoms with Crippen LogP contribution in [0, 0.1) is 0 Å². The van der Waals surface area contributed by atoms with Crippen LogP contribution in [0.2, 0.25) is 0 Å². The van der Waals surface area contributed by atoms with Crippen LogP contribution < -0.4 is 0 Å². The molecule has 1 fully saturated rings. The van der Waals surface area contributed by atoms with Gasteiger partial charge in [-0.15, -0.1) is 12.4 Å². The van der Waals surface area contributed by atoms with Gasteiger partial charge in [-0.25, -0.2) is 4.79 Å². The number of phenolic OH excluding ortho intramolecular Hbond substituents is 1. The Morgan fingerprint density at radius 3 is 2.65 bits per heavy atom. The first kappa shape index (κ1) is 16.8. The van der Waals surface area contributed by atoms with Crippen molar-refractivity contribution in [3.05, 3.63) is 29.3 Å². The summed E-state index contributed by atoms with van der Waals surface area (Å²) in [6.45, 7) is 4.96. The molecule has 1 aliphatic heterocycles. The van der Waals surface area contributed by atoms with E-state index in [0.29, 0.717) is 18.7 Å². The number of esters is 1. The van der Waals surface area contributed by atoms with Crippen LogP contribution in [0.3, 0.4) is 0 Å². The van der Waals surface area contributed by atoms with E-state index in [2.05, 4.69) is 4.90 Å². The van der Waals surface area contributed by atoms with Crippen molar-refractivity contribution >= 4 is 18.4 Å². The molecule has 112 valence electrons. The van der Waals surface area contributed by atoms with Gasteiger partial charge >= 0.3 is 5.97 Å². The Morgan fingerprint density at radius 2 is 2.00 bits per heavy atom. The standard InChI is InChI=1S/C15H21NO3.ClH/c1-2-19-15(18)12-6-7-14(17)13(10-12)11-16-8-4-3-5-9-16;/h6-7,10,17H,2-5,8-9,11H2,1H3;1H.